The van der Waals surface area contributed by atoms with Crippen LogP contribution in [0.1, 0.15) is 40.5 Å². The summed E-state index contributed by atoms with van der Waals surface area (Å²) >= 11 is 1.38. The first-order valence-corrected chi connectivity index (χ1v) is 6.53. The highest BCUT2D eigenvalue weighted by molar-refractivity contribution is 6.08. The van der Waals surface area contributed by atoms with Gasteiger partial charge in [0.15, 0.2) is 0 Å². The topological polar surface area (TPSA) is 0 Å². The maximum absolute atomic E-state index is 2.41. The fraction of sp³-hybridized carbons (Fsp3) is 1.00. The first kappa shape index (κ1) is 11.5. The molecule has 0 aliphatic heterocycles. The molecule has 11 heavy (non-hydrogen) atoms. The second-order valence-corrected chi connectivity index (χ2v) is 5.00. The van der Waals surface area contributed by atoms with Gasteiger partial charge in [-0.2, -0.15) is 0 Å². The smallest absolute Gasteiger partial charge is 0.0982 e. The molecule has 0 amide bonds. The zero-order chi connectivity index (χ0) is 8.85. The maximum atomic E-state index is 2.41. The normalized spacial score (nSPS) is 16.8. The van der Waals surface area contributed by atoms with Gasteiger partial charge in [-0.3, -0.25) is 0 Å². The molecule has 2 atom stereocenters. The van der Waals surface area contributed by atoms with Crippen LogP contribution in [0, 0.1) is 17.8 Å². The Morgan fingerprint density at radius 1 is 1.18 bits per heavy atom. The Morgan fingerprint density at radius 2 is 1.73 bits per heavy atom. The van der Waals surface area contributed by atoms with Crippen molar-refractivity contribution >= 4 is 16.3 Å². The van der Waals surface area contributed by atoms with Crippen LogP contribution in [0.5, 0.6) is 0 Å². The fourth-order valence-electron chi connectivity index (χ4n) is 1.74. The summed E-state index contributed by atoms with van der Waals surface area (Å²) in [5.74, 6) is 2.87. The highest BCUT2D eigenvalue weighted by Crippen LogP contribution is 2.25. The second kappa shape index (κ2) is 6.09. The highest BCUT2D eigenvalue weighted by Gasteiger charge is 2.14. The van der Waals surface area contributed by atoms with Crippen LogP contribution in [0.15, 0.2) is 0 Å². The molecule has 0 aromatic rings. The molecule has 0 N–H and O–H groups in total. The van der Waals surface area contributed by atoms with E-state index in [1.807, 2.05) is 0 Å². The minimum atomic E-state index is 0.892. The average molecular weight is 170 g/mol. The van der Waals surface area contributed by atoms with Gasteiger partial charge in [-0.25, -0.2) is 0 Å². The molecule has 0 radical (unpaired) electrons. The molecule has 66 valence electrons. The third-order valence-corrected chi connectivity index (χ3v) is 3.80. The molecule has 2 unspecified atom stereocenters. The predicted molar refractivity (Wildman–Crippen MR) is 55.8 cm³/mol. The Hall–Kier alpha value is 0.532. The minimum absolute atomic E-state index is 0.892. The molecule has 0 saturated carbocycles. The molecule has 0 saturated heterocycles. The average Bonchev–Trinajstić information content (AvgIpc) is 1.98. The number of rotatable bonds is 5. The van der Waals surface area contributed by atoms with E-state index in [1.165, 1.54) is 34.4 Å². The zero-order valence-electron chi connectivity index (χ0n) is 8.85. The van der Waals surface area contributed by atoms with Gasteiger partial charge in [-0.05, 0) is 18.3 Å². The van der Waals surface area contributed by atoms with Crippen LogP contribution in [0.25, 0.3) is 0 Å². The van der Waals surface area contributed by atoms with Crippen molar-refractivity contribution in [1.82, 2.24) is 0 Å². The summed E-state index contributed by atoms with van der Waals surface area (Å²) in [7, 11) is 0. The summed E-state index contributed by atoms with van der Waals surface area (Å²) in [6.07, 6.45) is 2.80. The molecular weight excluding hydrogens is 147 g/mol. The zero-order valence-corrected chi connectivity index (χ0v) is 10.9. The van der Waals surface area contributed by atoms with Gasteiger partial charge >= 0.3 is 0 Å². The molecule has 0 aliphatic rings. The number of hydrogen-bond donors (Lipinski definition) is 0. The molecule has 0 nitrogen and oxygen atoms in total. The first-order valence-electron chi connectivity index (χ1n) is 5.11. The highest BCUT2D eigenvalue weighted by atomic mass is 27.0. The summed E-state index contributed by atoms with van der Waals surface area (Å²) in [5.41, 5.74) is 0. The van der Waals surface area contributed by atoms with Gasteiger partial charge in [-0.15, -0.1) is 0 Å². The molecule has 0 aliphatic carbocycles. The molecule has 1 heteroatoms. The van der Waals surface area contributed by atoms with E-state index in [0.29, 0.717) is 0 Å². The van der Waals surface area contributed by atoms with Crippen molar-refractivity contribution in [3.8, 4) is 0 Å². The van der Waals surface area contributed by atoms with E-state index >= 15 is 0 Å². The van der Waals surface area contributed by atoms with Crippen LogP contribution >= 0.6 is 0 Å². The van der Waals surface area contributed by atoms with Gasteiger partial charge in [-0.1, -0.05) is 45.3 Å². The van der Waals surface area contributed by atoms with Crippen LogP contribution in [0.3, 0.4) is 0 Å². The Morgan fingerprint density at radius 3 is 2.00 bits per heavy atom. The SMILES string of the molecule is CCC(C)C([CH2][AlH2])CC(C)C. The summed E-state index contributed by atoms with van der Waals surface area (Å²) < 4.78 is 0. The van der Waals surface area contributed by atoms with Gasteiger partial charge in [0.1, 0.15) is 0 Å². The lowest BCUT2D eigenvalue weighted by Gasteiger charge is -2.23. The summed E-state index contributed by atoms with van der Waals surface area (Å²) in [6.45, 7) is 9.40. The van der Waals surface area contributed by atoms with Gasteiger partial charge < -0.3 is 0 Å². The second-order valence-electron chi connectivity index (χ2n) is 4.18. The first-order chi connectivity index (χ1) is 5.11. The van der Waals surface area contributed by atoms with E-state index in [0.717, 1.165) is 17.8 Å². The summed E-state index contributed by atoms with van der Waals surface area (Å²) in [6, 6.07) is 0. The molecule has 0 fully saturated rings. The largest absolute Gasteiger partial charge is 0.212 e. The molecular formula is C10H23Al. The predicted octanol–water partition coefficient (Wildman–Crippen LogP) is 2.75. The van der Waals surface area contributed by atoms with E-state index < -0.39 is 0 Å². The molecule has 0 bridgehead atoms. The third kappa shape index (κ3) is 4.88. The van der Waals surface area contributed by atoms with Crippen molar-refractivity contribution < 1.29 is 0 Å². The number of hydrogen-bond acceptors (Lipinski definition) is 0. The van der Waals surface area contributed by atoms with Gasteiger partial charge in [0.2, 0.25) is 16.3 Å². The van der Waals surface area contributed by atoms with Crippen LogP contribution in [0.2, 0.25) is 5.28 Å². The van der Waals surface area contributed by atoms with E-state index in [4.69, 9.17) is 0 Å². The van der Waals surface area contributed by atoms with Crippen LogP contribution in [-0.4, -0.2) is 16.3 Å². The van der Waals surface area contributed by atoms with Gasteiger partial charge in [0.25, 0.3) is 0 Å². The van der Waals surface area contributed by atoms with E-state index in [1.54, 1.807) is 0 Å². The minimum Gasteiger partial charge on any atom is -0.0982 e. The summed E-state index contributed by atoms with van der Waals surface area (Å²) in [5, 5.41) is 1.49. The fourth-order valence-corrected chi connectivity index (χ4v) is 2.88. The van der Waals surface area contributed by atoms with Crippen molar-refractivity contribution in [2.45, 2.75) is 45.8 Å². The molecule has 0 spiro atoms. The Kier molecular flexibility index (Phi) is 6.39. The standard InChI is InChI=1S/C10H21.Al.2H/c1-6-9(4)10(5)7-8(2)3;;;/h8-10H,5-7H2,1-4H3;;;. The van der Waals surface area contributed by atoms with Gasteiger partial charge in [0.05, 0.1) is 0 Å². The Labute approximate surface area is 80.2 Å². The van der Waals surface area contributed by atoms with Crippen molar-refractivity contribution in [1.29, 1.82) is 0 Å². The Balaban J connectivity index is 3.74. The maximum Gasteiger partial charge on any atom is 0.212 e. The molecule has 0 aromatic heterocycles. The van der Waals surface area contributed by atoms with Crippen LogP contribution in [-0.2, 0) is 0 Å². The van der Waals surface area contributed by atoms with E-state index in [2.05, 4.69) is 27.7 Å². The van der Waals surface area contributed by atoms with Crippen molar-refractivity contribution in [2.24, 2.45) is 17.8 Å². The van der Waals surface area contributed by atoms with Crippen molar-refractivity contribution in [3.05, 3.63) is 0 Å². The third-order valence-electron chi connectivity index (χ3n) is 2.75. The quantitative estimate of drug-likeness (QED) is 0.556. The van der Waals surface area contributed by atoms with Crippen molar-refractivity contribution in [2.75, 3.05) is 0 Å². The van der Waals surface area contributed by atoms with Gasteiger partial charge in [0, 0.05) is 0 Å². The van der Waals surface area contributed by atoms with E-state index in [9.17, 15) is 0 Å². The molecule has 0 rings (SSSR count). The van der Waals surface area contributed by atoms with Crippen LogP contribution < -0.4 is 0 Å². The lowest BCUT2D eigenvalue weighted by molar-refractivity contribution is 0.317. The van der Waals surface area contributed by atoms with Crippen LogP contribution in [0.4, 0.5) is 0 Å². The monoisotopic (exact) mass is 170 g/mol. The Bertz CT molecular complexity index is 88.9. The van der Waals surface area contributed by atoms with Crippen molar-refractivity contribution in [3.63, 3.8) is 0 Å². The lowest BCUT2D eigenvalue weighted by atomic mass is 9.86. The van der Waals surface area contributed by atoms with E-state index in [-0.39, 0.29) is 0 Å². The summed E-state index contributed by atoms with van der Waals surface area (Å²) in [4.78, 5) is 0. The molecule has 0 aromatic carbocycles. The molecule has 0 heterocycles. The lowest BCUT2D eigenvalue weighted by Crippen LogP contribution is -2.12.